The number of aryl methyl sites for hydroxylation is 1. The smallest absolute Gasteiger partial charge is 0.287 e. The van der Waals surface area contributed by atoms with E-state index in [1.54, 1.807) is 36.1 Å². The van der Waals surface area contributed by atoms with Crippen LogP contribution in [0.4, 0.5) is 8.78 Å². The molecule has 20 heavy (non-hydrogen) atoms. The van der Waals surface area contributed by atoms with Gasteiger partial charge in [-0.3, -0.25) is 9.48 Å². The van der Waals surface area contributed by atoms with Gasteiger partial charge in [-0.05, 0) is 12.1 Å². The largest absolute Gasteiger partial charge is 0.390 e. The van der Waals surface area contributed by atoms with Crippen LogP contribution in [-0.4, -0.2) is 44.4 Å². The highest BCUT2D eigenvalue weighted by molar-refractivity contribution is 5.97. The van der Waals surface area contributed by atoms with Gasteiger partial charge in [0.1, 0.15) is 18.0 Å². The fourth-order valence-corrected chi connectivity index (χ4v) is 1.73. The third-order valence-electron chi connectivity index (χ3n) is 2.74. The molecule has 6 nitrogen and oxygen atoms in total. The Hall–Kier alpha value is -2.22. The van der Waals surface area contributed by atoms with E-state index in [2.05, 4.69) is 10.4 Å². The number of aromatic nitrogens is 3. The summed E-state index contributed by atoms with van der Waals surface area (Å²) < 4.78 is 29.0. The van der Waals surface area contributed by atoms with Crippen molar-refractivity contribution < 1.29 is 18.7 Å². The summed E-state index contributed by atoms with van der Waals surface area (Å²) in [5.41, 5.74) is 0.178. The van der Waals surface area contributed by atoms with Crippen molar-refractivity contribution in [2.45, 2.75) is 5.92 Å². The van der Waals surface area contributed by atoms with Gasteiger partial charge in [-0.2, -0.15) is 5.10 Å². The standard InChI is InChI=1S/C12H14F2N4O2/c1-17-11(18-4-2-3-5-18)9(6-16-17)10(20)15-7-12(13,14)8-19/h2-6,19H,7-8H2,1H3,(H,15,20). The number of hydrogen-bond acceptors (Lipinski definition) is 3. The van der Waals surface area contributed by atoms with Crippen molar-refractivity contribution in [3.8, 4) is 5.82 Å². The van der Waals surface area contributed by atoms with E-state index in [0.29, 0.717) is 5.82 Å². The maximum absolute atomic E-state index is 12.9. The Bertz CT molecular complexity index is 593. The van der Waals surface area contributed by atoms with Gasteiger partial charge in [-0.1, -0.05) is 0 Å². The Labute approximate surface area is 113 Å². The molecule has 0 fully saturated rings. The minimum absolute atomic E-state index is 0.178. The lowest BCUT2D eigenvalue weighted by Gasteiger charge is -2.14. The number of rotatable bonds is 5. The lowest BCUT2D eigenvalue weighted by molar-refractivity contribution is -0.0462. The fraction of sp³-hybridized carbons (Fsp3) is 0.333. The summed E-state index contributed by atoms with van der Waals surface area (Å²) in [6.07, 6.45) is 4.74. The highest BCUT2D eigenvalue weighted by Gasteiger charge is 2.29. The summed E-state index contributed by atoms with van der Waals surface area (Å²) in [5, 5.41) is 14.5. The number of nitrogens with zero attached hydrogens (tertiary/aromatic N) is 3. The second-order valence-electron chi connectivity index (χ2n) is 4.29. The van der Waals surface area contributed by atoms with Crippen molar-refractivity contribution in [1.29, 1.82) is 0 Å². The van der Waals surface area contributed by atoms with Gasteiger partial charge in [0.15, 0.2) is 0 Å². The topological polar surface area (TPSA) is 72.1 Å². The molecule has 0 saturated carbocycles. The average molecular weight is 284 g/mol. The number of nitrogens with one attached hydrogen (secondary N) is 1. The molecular formula is C12H14F2N4O2. The second kappa shape index (κ2) is 5.41. The van der Waals surface area contributed by atoms with Crippen molar-refractivity contribution >= 4 is 5.91 Å². The Balaban J connectivity index is 2.20. The number of hydrogen-bond donors (Lipinski definition) is 2. The Kier molecular flexibility index (Phi) is 3.84. The summed E-state index contributed by atoms with van der Waals surface area (Å²) in [6, 6.07) is 3.54. The van der Waals surface area contributed by atoms with E-state index in [0.717, 1.165) is 0 Å². The average Bonchev–Trinajstić information content (AvgIpc) is 3.05. The van der Waals surface area contributed by atoms with Gasteiger partial charge in [0, 0.05) is 19.4 Å². The molecule has 0 atom stereocenters. The molecule has 2 aromatic rings. The van der Waals surface area contributed by atoms with E-state index in [1.165, 1.54) is 10.9 Å². The Morgan fingerprint density at radius 2 is 2.10 bits per heavy atom. The number of amides is 1. The van der Waals surface area contributed by atoms with Gasteiger partial charge < -0.3 is 15.0 Å². The molecule has 0 saturated heterocycles. The van der Waals surface area contributed by atoms with Gasteiger partial charge in [-0.15, -0.1) is 0 Å². The zero-order valence-electron chi connectivity index (χ0n) is 10.8. The summed E-state index contributed by atoms with van der Waals surface area (Å²) in [4.78, 5) is 11.9. The molecule has 0 spiro atoms. The molecular weight excluding hydrogens is 270 g/mol. The van der Waals surface area contributed by atoms with E-state index in [1.807, 2.05) is 0 Å². The first kappa shape index (κ1) is 14.2. The van der Waals surface area contributed by atoms with Crippen LogP contribution in [0.5, 0.6) is 0 Å². The molecule has 1 amide bonds. The van der Waals surface area contributed by atoms with Crippen molar-refractivity contribution in [3.05, 3.63) is 36.3 Å². The van der Waals surface area contributed by atoms with Crippen molar-refractivity contribution in [1.82, 2.24) is 19.7 Å². The predicted octanol–water partition coefficient (Wildman–Crippen LogP) is 0.568. The van der Waals surface area contributed by atoms with Crippen LogP contribution < -0.4 is 5.32 Å². The van der Waals surface area contributed by atoms with Gasteiger partial charge in [0.25, 0.3) is 11.8 Å². The van der Waals surface area contributed by atoms with E-state index in [9.17, 15) is 13.6 Å². The molecule has 108 valence electrons. The second-order valence-corrected chi connectivity index (χ2v) is 4.29. The van der Waals surface area contributed by atoms with Crippen molar-refractivity contribution in [2.24, 2.45) is 7.05 Å². The van der Waals surface area contributed by atoms with Crippen LogP contribution in [0.2, 0.25) is 0 Å². The highest BCUT2D eigenvalue weighted by Crippen LogP contribution is 2.15. The molecule has 2 heterocycles. The molecule has 2 aromatic heterocycles. The number of carbonyl (C=O) groups excluding carboxylic acids is 1. The SMILES string of the molecule is Cn1ncc(C(=O)NCC(F)(F)CO)c1-n1cccc1. The van der Waals surface area contributed by atoms with Crippen LogP contribution in [0.3, 0.4) is 0 Å². The Morgan fingerprint density at radius 3 is 2.70 bits per heavy atom. The monoisotopic (exact) mass is 284 g/mol. The number of aliphatic hydroxyl groups is 1. The summed E-state index contributed by atoms with van der Waals surface area (Å²) in [7, 11) is 1.65. The molecule has 0 aliphatic heterocycles. The van der Waals surface area contributed by atoms with Crippen LogP contribution in [-0.2, 0) is 7.05 Å². The maximum atomic E-state index is 12.9. The first-order chi connectivity index (χ1) is 9.44. The molecule has 2 N–H and O–H groups in total. The van der Waals surface area contributed by atoms with Gasteiger partial charge in [0.05, 0.1) is 12.7 Å². The first-order valence-corrected chi connectivity index (χ1v) is 5.87. The molecule has 0 aliphatic carbocycles. The lowest BCUT2D eigenvalue weighted by Crippen LogP contribution is -2.39. The third-order valence-corrected chi connectivity index (χ3v) is 2.74. The minimum Gasteiger partial charge on any atom is -0.390 e. The van der Waals surface area contributed by atoms with Crippen LogP contribution >= 0.6 is 0 Å². The van der Waals surface area contributed by atoms with E-state index < -0.39 is 25.0 Å². The van der Waals surface area contributed by atoms with E-state index in [-0.39, 0.29) is 5.56 Å². The quantitative estimate of drug-likeness (QED) is 0.843. The molecule has 0 bridgehead atoms. The summed E-state index contributed by atoms with van der Waals surface area (Å²) >= 11 is 0. The molecule has 0 unspecified atom stereocenters. The zero-order valence-corrected chi connectivity index (χ0v) is 10.8. The van der Waals surface area contributed by atoms with Crippen molar-refractivity contribution in [3.63, 3.8) is 0 Å². The maximum Gasteiger partial charge on any atom is 0.287 e. The fourth-order valence-electron chi connectivity index (χ4n) is 1.73. The van der Waals surface area contributed by atoms with Gasteiger partial charge >= 0.3 is 0 Å². The predicted molar refractivity (Wildman–Crippen MR) is 66.9 cm³/mol. The number of halogens is 2. The normalized spacial score (nSPS) is 11.6. The van der Waals surface area contributed by atoms with E-state index >= 15 is 0 Å². The number of aliphatic hydroxyl groups excluding tert-OH is 1. The van der Waals surface area contributed by atoms with Crippen LogP contribution in [0.15, 0.2) is 30.7 Å². The van der Waals surface area contributed by atoms with Crippen LogP contribution in [0.25, 0.3) is 5.82 Å². The Morgan fingerprint density at radius 1 is 1.45 bits per heavy atom. The first-order valence-electron chi connectivity index (χ1n) is 5.87. The van der Waals surface area contributed by atoms with Crippen LogP contribution in [0.1, 0.15) is 10.4 Å². The molecule has 2 rings (SSSR count). The lowest BCUT2D eigenvalue weighted by atomic mass is 10.2. The molecule has 0 radical (unpaired) electrons. The number of carbonyl (C=O) groups is 1. The zero-order chi connectivity index (χ0) is 14.8. The van der Waals surface area contributed by atoms with Gasteiger partial charge in [0.2, 0.25) is 0 Å². The molecule has 0 aromatic carbocycles. The summed E-state index contributed by atoms with van der Waals surface area (Å²) in [6.45, 7) is -2.24. The van der Waals surface area contributed by atoms with E-state index in [4.69, 9.17) is 5.11 Å². The van der Waals surface area contributed by atoms with Crippen molar-refractivity contribution in [2.75, 3.05) is 13.2 Å². The van der Waals surface area contributed by atoms with Crippen LogP contribution in [0, 0.1) is 0 Å². The summed E-state index contributed by atoms with van der Waals surface area (Å²) in [5.74, 6) is -3.54. The third kappa shape index (κ3) is 2.85. The molecule has 0 aliphatic rings. The number of alkyl halides is 2. The van der Waals surface area contributed by atoms with Gasteiger partial charge in [-0.25, -0.2) is 8.78 Å². The molecule has 8 heteroatoms. The minimum atomic E-state index is -3.34. The highest BCUT2D eigenvalue weighted by atomic mass is 19.3.